The molecule has 0 unspecified atom stereocenters. The third-order valence-corrected chi connectivity index (χ3v) is 6.03. The molecule has 3 aromatic rings. The Balaban J connectivity index is 1.46. The van der Waals surface area contributed by atoms with E-state index in [9.17, 15) is 13.2 Å². The van der Waals surface area contributed by atoms with E-state index in [-0.39, 0.29) is 28.1 Å². The van der Waals surface area contributed by atoms with Crippen molar-refractivity contribution in [1.29, 1.82) is 0 Å². The number of sulfonamides is 1. The molecule has 0 aliphatic carbocycles. The van der Waals surface area contributed by atoms with Crippen molar-refractivity contribution in [3.63, 3.8) is 0 Å². The summed E-state index contributed by atoms with van der Waals surface area (Å²) in [6.07, 6.45) is 3.15. The minimum Gasteiger partial charge on any atom is -0.400 e. The molecule has 1 N–H and O–H groups in total. The predicted molar refractivity (Wildman–Crippen MR) is 92.2 cm³/mol. The van der Waals surface area contributed by atoms with Crippen LogP contribution in [0.4, 0.5) is 6.01 Å². The number of rotatable bonds is 5. The van der Waals surface area contributed by atoms with E-state index in [1.165, 1.54) is 34.8 Å². The van der Waals surface area contributed by atoms with Gasteiger partial charge in [-0.15, -0.1) is 5.10 Å². The van der Waals surface area contributed by atoms with Crippen molar-refractivity contribution in [2.24, 2.45) is 0 Å². The van der Waals surface area contributed by atoms with Crippen LogP contribution in [0.15, 0.2) is 50.4 Å². The van der Waals surface area contributed by atoms with Crippen LogP contribution < -0.4 is 5.32 Å². The Morgan fingerprint density at radius 2 is 1.81 bits per heavy atom. The standard InChI is InChI=1S/C16H15N5O5S/c22-14(18-16-20-19-15(25-16)13-7-8-17-26-13)11-3-5-12(6-4-11)27(23,24)21-9-1-2-10-21/h3-8H,1-2,9-10H2,(H,18,20,22). The number of hydrogen-bond donors (Lipinski definition) is 1. The zero-order chi connectivity index (χ0) is 18.9. The Hall–Kier alpha value is -3.05. The van der Waals surface area contributed by atoms with Crippen LogP contribution in [0.2, 0.25) is 0 Å². The van der Waals surface area contributed by atoms with Crippen molar-refractivity contribution in [1.82, 2.24) is 19.7 Å². The van der Waals surface area contributed by atoms with Crippen LogP contribution >= 0.6 is 0 Å². The van der Waals surface area contributed by atoms with Gasteiger partial charge in [-0.1, -0.05) is 10.3 Å². The fourth-order valence-electron chi connectivity index (χ4n) is 2.72. The quantitative estimate of drug-likeness (QED) is 0.698. The monoisotopic (exact) mass is 389 g/mol. The number of benzene rings is 1. The molecule has 1 amide bonds. The predicted octanol–water partition coefficient (Wildman–Crippen LogP) is 1.76. The second-order valence-corrected chi connectivity index (χ2v) is 7.82. The number of anilines is 1. The third kappa shape index (κ3) is 3.46. The normalized spacial score (nSPS) is 15.1. The van der Waals surface area contributed by atoms with E-state index in [0.717, 1.165) is 12.8 Å². The molecule has 1 fully saturated rings. The molecule has 0 spiro atoms. The lowest BCUT2D eigenvalue weighted by molar-refractivity contribution is 0.102. The summed E-state index contributed by atoms with van der Waals surface area (Å²) in [6.45, 7) is 1.05. The first-order chi connectivity index (χ1) is 13.0. The lowest BCUT2D eigenvalue weighted by atomic mass is 10.2. The molecule has 0 bridgehead atoms. The minimum atomic E-state index is -3.52. The molecule has 2 aromatic heterocycles. The summed E-state index contributed by atoms with van der Waals surface area (Å²) >= 11 is 0. The summed E-state index contributed by atoms with van der Waals surface area (Å²) in [5.41, 5.74) is 0.259. The molecule has 4 rings (SSSR count). The molecule has 1 saturated heterocycles. The summed E-state index contributed by atoms with van der Waals surface area (Å²) in [7, 11) is -3.52. The lowest BCUT2D eigenvalue weighted by Gasteiger charge is -2.15. The van der Waals surface area contributed by atoms with Crippen molar-refractivity contribution >= 4 is 21.9 Å². The Labute approximate surface area is 154 Å². The first-order valence-electron chi connectivity index (χ1n) is 8.20. The Morgan fingerprint density at radius 3 is 2.48 bits per heavy atom. The van der Waals surface area contributed by atoms with Gasteiger partial charge >= 0.3 is 6.01 Å². The van der Waals surface area contributed by atoms with Crippen LogP contribution in [0.3, 0.4) is 0 Å². The van der Waals surface area contributed by atoms with Gasteiger partial charge in [-0.3, -0.25) is 10.1 Å². The fourth-order valence-corrected chi connectivity index (χ4v) is 4.24. The zero-order valence-corrected chi connectivity index (χ0v) is 14.8. The number of nitrogens with one attached hydrogen (secondary N) is 1. The smallest absolute Gasteiger partial charge is 0.322 e. The van der Waals surface area contributed by atoms with Crippen LogP contribution in [0.5, 0.6) is 0 Å². The number of amides is 1. The van der Waals surface area contributed by atoms with Crippen LogP contribution in [0, 0.1) is 0 Å². The van der Waals surface area contributed by atoms with E-state index in [2.05, 4.69) is 20.7 Å². The maximum absolute atomic E-state index is 12.5. The van der Waals surface area contributed by atoms with Crippen molar-refractivity contribution in [2.75, 3.05) is 18.4 Å². The highest BCUT2D eigenvalue weighted by Gasteiger charge is 2.27. The number of carbonyl (C=O) groups is 1. The molecular weight excluding hydrogens is 374 g/mol. The molecule has 0 atom stereocenters. The first kappa shape index (κ1) is 17.4. The highest BCUT2D eigenvalue weighted by Crippen LogP contribution is 2.22. The maximum atomic E-state index is 12.5. The van der Waals surface area contributed by atoms with E-state index in [1.807, 2.05) is 0 Å². The highest BCUT2D eigenvalue weighted by molar-refractivity contribution is 7.89. The van der Waals surface area contributed by atoms with E-state index in [0.29, 0.717) is 13.1 Å². The van der Waals surface area contributed by atoms with E-state index < -0.39 is 15.9 Å². The average molecular weight is 389 g/mol. The van der Waals surface area contributed by atoms with Gasteiger partial charge in [0.05, 0.1) is 11.1 Å². The van der Waals surface area contributed by atoms with Gasteiger partial charge in [-0.2, -0.15) is 4.31 Å². The number of nitrogens with zero attached hydrogens (tertiary/aromatic N) is 4. The summed E-state index contributed by atoms with van der Waals surface area (Å²) in [5, 5.41) is 13.4. The molecule has 3 heterocycles. The summed E-state index contributed by atoms with van der Waals surface area (Å²) < 4.78 is 36.6. The lowest BCUT2D eigenvalue weighted by Crippen LogP contribution is -2.27. The van der Waals surface area contributed by atoms with Gasteiger partial charge < -0.3 is 8.94 Å². The molecule has 140 valence electrons. The Kier molecular flexibility index (Phi) is 4.46. The van der Waals surface area contributed by atoms with Crippen LogP contribution in [-0.2, 0) is 10.0 Å². The Morgan fingerprint density at radius 1 is 1.07 bits per heavy atom. The molecular formula is C16H15N5O5S. The molecule has 0 radical (unpaired) electrons. The van der Waals surface area contributed by atoms with Crippen molar-refractivity contribution in [3.05, 3.63) is 42.1 Å². The van der Waals surface area contributed by atoms with Crippen LogP contribution in [-0.4, -0.2) is 47.1 Å². The van der Waals surface area contributed by atoms with Crippen molar-refractivity contribution < 1.29 is 22.2 Å². The summed E-state index contributed by atoms with van der Waals surface area (Å²) in [5.74, 6) is -0.151. The largest absolute Gasteiger partial charge is 0.400 e. The molecule has 1 aliphatic heterocycles. The van der Waals surface area contributed by atoms with E-state index in [4.69, 9.17) is 8.94 Å². The van der Waals surface area contributed by atoms with Gasteiger partial charge in [0.25, 0.3) is 11.8 Å². The van der Waals surface area contributed by atoms with Gasteiger partial charge in [0.1, 0.15) is 0 Å². The number of carbonyl (C=O) groups excluding carboxylic acids is 1. The second-order valence-electron chi connectivity index (χ2n) is 5.88. The van der Waals surface area contributed by atoms with Gasteiger partial charge in [0.15, 0.2) is 0 Å². The van der Waals surface area contributed by atoms with E-state index >= 15 is 0 Å². The van der Waals surface area contributed by atoms with Crippen molar-refractivity contribution in [3.8, 4) is 11.7 Å². The third-order valence-electron chi connectivity index (χ3n) is 4.11. The van der Waals surface area contributed by atoms with Gasteiger partial charge in [0.2, 0.25) is 15.8 Å². The van der Waals surface area contributed by atoms with Crippen molar-refractivity contribution in [2.45, 2.75) is 17.7 Å². The van der Waals surface area contributed by atoms with Crippen LogP contribution in [0.1, 0.15) is 23.2 Å². The zero-order valence-electron chi connectivity index (χ0n) is 14.0. The SMILES string of the molecule is O=C(Nc1nnc(-c2ccno2)o1)c1ccc(S(=O)(=O)N2CCCC2)cc1. The molecule has 0 saturated carbocycles. The Bertz CT molecular complexity index is 1040. The second kappa shape index (κ2) is 6.93. The first-order valence-corrected chi connectivity index (χ1v) is 9.64. The molecule has 1 aliphatic rings. The summed E-state index contributed by atoms with van der Waals surface area (Å²) in [6, 6.07) is 7.13. The molecule has 10 nitrogen and oxygen atoms in total. The number of hydrogen-bond acceptors (Lipinski definition) is 8. The highest BCUT2D eigenvalue weighted by atomic mass is 32.2. The fraction of sp³-hybridized carbons (Fsp3) is 0.250. The minimum absolute atomic E-state index is 0.0786. The summed E-state index contributed by atoms with van der Waals surface area (Å²) in [4.78, 5) is 12.5. The number of aromatic nitrogens is 3. The maximum Gasteiger partial charge on any atom is 0.322 e. The molecule has 27 heavy (non-hydrogen) atoms. The topological polar surface area (TPSA) is 131 Å². The van der Waals surface area contributed by atoms with Gasteiger partial charge in [0, 0.05) is 24.7 Å². The molecule has 1 aromatic carbocycles. The van der Waals surface area contributed by atoms with Gasteiger partial charge in [-0.05, 0) is 37.1 Å². The van der Waals surface area contributed by atoms with E-state index in [1.54, 1.807) is 6.07 Å². The van der Waals surface area contributed by atoms with Gasteiger partial charge in [-0.25, -0.2) is 8.42 Å². The van der Waals surface area contributed by atoms with Crippen LogP contribution in [0.25, 0.3) is 11.7 Å². The average Bonchev–Trinajstić information content (AvgIpc) is 3.42. The molecule has 11 heteroatoms.